The van der Waals surface area contributed by atoms with Crippen LogP contribution in [0.5, 0.6) is 0 Å². The highest BCUT2D eigenvalue weighted by Gasteiger charge is 2.17. The molecule has 0 aliphatic carbocycles. The summed E-state index contributed by atoms with van der Waals surface area (Å²) in [5.74, 6) is -1.98. The third-order valence-electron chi connectivity index (χ3n) is 2.37. The zero-order valence-electron chi connectivity index (χ0n) is 10.0. The predicted molar refractivity (Wildman–Crippen MR) is 66.6 cm³/mol. The van der Waals surface area contributed by atoms with Crippen molar-refractivity contribution in [2.45, 2.75) is 24.3 Å². The topological polar surface area (TPSA) is 97.5 Å². The van der Waals surface area contributed by atoms with E-state index in [1.54, 1.807) is 0 Å². The molecule has 2 unspecified atom stereocenters. The van der Waals surface area contributed by atoms with Gasteiger partial charge in [0.15, 0.2) is 0 Å². The minimum Gasteiger partial charge on any atom is -0.481 e. The highest BCUT2D eigenvalue weighted by atomic mass is 32.2. The molecule has 0 radical (unpaired) electrons. The van der Waals surface area contributed by atoms with Crippen LogP contribution in [0.25, 0.3) is 0 Å². The molecular weight excluding hydrogens is 277 g/mol. The number of non-ortho nitro benzene ring substituents is 1. The number of hydrogen-bond donors (Lipinski definition) is 1. The van der Waals surface area contributed by atoms with Crippen LogP contribution in [-0.2, 0) is 21.3 Å². The van der Waals surface area contributed by atoms with Crippen molar-refractivity contribution in [1.82, 2.24) is 0 Å². The molecule has 0 aliphatic heterocycles. The number of carboxylic acid groups (broad SMARTS) is 1. The van der Waals surface area contributed by atoms with Gasteiger partial charge >= 0.3 is 5.97 Å². The van der Waals surface area contributed by atoms with Crippen molar-refractivity contribution in [3.05, 3.63) is 39.7 Å². The van der Waals surface area contributed by atoms with E-state index < -0.39 is 38.4 Å². The maximum atomic E-state index is 13.2. The first-order valence-corrected chi connectivity index (χ1v) is 6.70. The molecule has 1 aromatic carbocycles. The maximum Gasteiger partial charge on any atom is 0.304 e. The van der Waals surface area contributed by atoms with Gasteiger partial charge in [0.2, 0.25) is 0 Å². The van der Waals surface area contributed by atoms with Crippen LogP contribution in [0.15, 0.2) is 18.2 Å². The fraction of sp³-hybridized carbons (Fsp3) is 0.364. The summed E-state index contributed by atoms with van der Waals surface area (Å²) in [5, 5.41) is 18.5. The molecular formula is C11H12FNO5S. The summed E-state index contributed by atoms with van der Waals surface area (Å²) < 4.78 is 24.9. The van der Waals surface area contributed by atoms with Gasteiger partial charge in [0.1, 0.15) is 5.82 Å². The second-order valence-electron chi connectivity index (χ2n) is 4.01. The summed E-state index contributed by atoms with van der Waals surface area (Å²) in [5.41, 5.74) is -0.208. The zero-order valence-corrected chi connectivity index (χ0v) is 10.9. The lowest BCUT2D eigenvalue weighted by atomic mass is 10.2. The molecule has 0 aliphatic rings. The number of rotatable bonds is 6. The fourth-order valence-corrected chi connectivity index (χ4v) is 2.58. The summed E-state index contributed by atoms with van der Waals surface area (Å²) in [6, 6.07) is 2.96. The lowest BCUT2D eigenvalue weighted by Gasteiger charge is -2.08. The Hall–Kier alpha value is -1.83. The average molecular weight is 289 g/mol. The summed E-state index contributed by atoms with van der Waals surface area (Å²) in [6.45, 7) is 1.50. The van der Waals surface area contributed by atoms with E-state index in [1.807, 2.05) is 0 Å². The van der Waals surface area contributed by atoms with Gasteiger partial charge in [0.25, 0.3) is 5.69 Å². The second-order valence-corrected chi connectivity index (χ2v) is 5.86. The SMILES string of the molecule is CC(CC(=O)O)S(=O)Cc1cc(F)cc([N+](=O)[O-])c1. The number of aliphatic carboxylic acids is 1. The van der Waals surface area contributed by atoms with Gasteiger partial charge in [-0.25, -0.2) is 4.39 Å². The second kappa shape index (κ2) is 6.37. The molecule has 19 heavy (non-hydrogen) atoms. The van der Waals surface area contributed by atoms with Gasteiger partial charge in [-0.3, -0.25) is 19.1 Å². The Bertz CT molecular complexity index is 534. The van der Waals surface area contributed by atoms with Gasteiger partial charge in [0.05, 0.1) is 17.4 Å². The number of benzene rings is 1. The van der Waals surface area contributed by atoms with Crippen molar-refractivity contribution < 1.29 is 23.4 Å². The lowest BCUT2D eigenvalue weighted by molar-refractivity contribution is -0.385. The van der Waals surface area contributed by atoms with Crippen molar-refractivity contribution in [1.29, 1.82) is 0 Å². The van der Waals surface area contributed by atoms with Crippen molar-refractivity contribution in [2.75, 3.05) is 0 Å². The molecule has 0 saturated carbocycles. The highest BCUT2D eigenvalue weighted by molar-refractivity contribution is 7.84. The Morgan fingerprint density at radius 2 is 2.16 bits per heavy atom. The number of nitrogens with zero attached hydrogens (tertiary/aromatic N) is 1. The number of carbonyl (C=O) groups is 1. The van der Waals surface area contributed by atoms with Gasteiger partial charge < -0.3 is 5.11 Å². The van der Waals surface area contributed by atoms with Crippen molar-refractivity contribution >= 4 is 22.5 Å². The molecule has 1 rings (SSSR count). The number of hydrogen-bond acceptors (Lipinski definition) is 4. The average Bonchev–Trinajstić information content (AvgIpc) is 2.26. The normalized spacial score (nSPS) is 13.8. The summed E-state index contributed by atoms with van der Waals surface area (Å²) in [6.07, 6.45) is -0.274. The molecule has 0 saturated heterocycles. The van der Waals surface area contributed by atoms with Crippen LogP contribution in [0.4, 0.5) is 10.1 Å². The Kier molecular flexibility index (Phi) is 5.11. The van der Waals surface area contributed by atoms with E-state index in [0.717, 1.165) is 18.2 Å². The maximum absolute atomic E-state index is 13.2. The molecule has 1 aromatic rings. The van der Waals surface area contributed by atoms with Crippen molar-refractivity contribution in [3.63, 3.8) is 0 Å². The molecule has 6 nitrogen and oxygen atoms in total. The minimum absolute atomic E-state index is 0.118. The van der Waals surface area contributed by atoms with Crippen LogP contribution < -0.4 is 0 Å². The number of halogens is 1. The minimum atomic E-state index is -1.54. The molecule has 2 atom stereocenters. The van der Waals surface area contributed by atoms with Crippen LogP contribution in [0.3, 0.4) is 0 Å². The van der Waals surface area contributed by atoms with Crippen LogP contribution in [-0.4, -0.2) is 25.5 Å². The molecule has 8 heteroatoms. The molecule has 0 aromatic heterocycles. The van der Waals surface area contributed by atoms with Crippen LogP contribution in [0, 0.1) is 15.9 Å². The number of nitro benzene ring substituents is 1. The van der Waals surface area contributed by atoms with E-state index in [9.17, 15) is 23.5 Å². The molecule has 1 N–H and O–H groups in total. The lowest BCUT2D eigenvalue weighted by Crippen LogP contribution is -2.17. The smallest absolute Gasteiger partial charge is 0.304 e. The Morgan fingerprint density at radius 3 is 2.68 bits per heavy atom. The van der Waals surface area contributed by atoms with Gasteiger partial charge in [-0.2, -0.15) is 0 Å². The number of carboxylic acids is 1. The quantitative estimate of drug-likeness (QED) is 0.636. The van der Waals surface area contributed by atoms with Gasteiger partial charge in [-0.15, -0.1) is 0 Å². The predicted octanol–water partition coefficient (Wildman–Crippen LogP) is 1.85. The standard InChI is InChI=1S/C11H12FNO5S/c1-7(2-11(14)15)19(18)6-8-3-9(12)5-10(4-8)13(16)17/h3-5,7H,2,6H2,1H3,(H,14,15). The van der Waals surface area contributed by atoms with Crippen molar-refractivity contribution in [2.24, 2.45) is 0 Å². The summed E-state index contributed by atoms with van der Waals surface area (Å²) >= 11 is 0. The molecule has 0 fully saturated rings. The van der Waals surface area contributed by atoms with Crippen LogP contribution in [0.2, 0.25) is 0 Å². The first kappa shape index (κ1) is 15.2. The molecule has 104 valence electrons. The van der Waals surface area contributed by atoms with Gasteiger partial charge in [-0.1, -0.05) is 6.92 Å². The van der Waals surface area contributed by atoms with Crippen LogP contribution >= 0.6 is 0 Å². The van der Waals surface area contributed by atoms with Gasteiger partial charge in [0, 0.05) is 27.9 Å². The zero-order chi connectivity index (χ0) is 14.6. The van der Waals surface area contributed by atoms with Gasteiger partial charge in [-0.05, 0) is 11.6 Å². The first-order chi connectivity index (χ1) is 8.79. The fourth-order valence-electron chi connectivity index (χ4n) is 1.47. The van der Waals surface area contributed by atoms with E-state index in [4.69, 9.17) is 5.11 Å². The van der Waals surface area contributed by atoms with E-state index in [0.29, 0.717) is 0 Å². The largest absolute Gasteiger partial charge is 0.481 e. The van der Waals surface area contributed by atoms with E-state index in [-0.39, 0.29) is 17.7 Å². The molecule has 0 bridgehead atoms. The van der Waals surface area contributed by atoms with Crippen LogP contribution in [0.1, 0.15) is 18.9 Å². The van der Waals surface area contributed by atoms with Crippen molar-refractivity contribution in [3.8, 4) is 0 Å². The summed E-state index contributed by atoms with van der Waals surface area (Å²) in [7, 11) is -1.54. The Labute approximate surface area is 110 Å². The summed E-state index contributed by atoms with van der Waals surface area (Å²) in [4.78, 5) is 20.3. The highest BCUT2D eigenvalue weighted by Crippen LogP contribution is 2.18. The molecule has 0 spiro atoms. The Morgan fingerprint density at radius 1 is 1.53 bits per heavy atom. The third kappa shape index (κ3) is 4.74. The monoisotopic (exact) mass is 289 g/mol. The number of nitro groups is 1. The van der Waals surface area contributed by atoms with E-state index in [2.05, 4.69) is 0 Å². The van der Waals surface area contributed by atoms with E-state index >= 15 is 0 Å². The third-order valence-corrected chi connectivity index (χ3v) is 4.06. The molecule has 0 amide bonds. The molecule has 0 heterocycles. The first-order valence-electron chi connectivity index (χ1n) is 5.32. The van der Waals surface area contributed by atoms with E-state index in [1.165, 1.54) is 6.92 Å². The Balaban J connectivity index is 2.84.